The van der Waals surface area contributed by atoms with Gasteiger partial charge in [-0.2, -0.15) is 9.78 Å². The number of nitrogens with zero attached hydrogens (tertiary/aromatic N) is 5. The molecule has 0 bridgehead atoms. The number of amides is 1. The van der Waals surface area contributed by atoms with E-state index in [2.05, 4.69) is 15.4 Å². The van der Waals surface area contributed by atoms with Crippen LogP contribution in [0, 0.1) is 18.3 Å². The highest BCUT2D eigenvalue weighted by atomic mass is 16.4. The van der Waals surface area contributed by atoms with Gasteiger partial charge in [-0.3, -0.25) is 4.90 Å². The molecule has 0 spiro atoms. The largest absolute Gasteiger partial charge is 0.465 e. The van der Waals surface area contributed by atoms with Gasteiger partial charge in [-0.1, -0.05) is 6.07 Å². The molecule has 3 aromatic rings. The molecule has 2 aromatic heterocycles. The Morgan fingerprint density at radius 3 is 2.88 bits per heavy atom. The van der Waals surface area contributed by atoms with Crippen LogP contribution in [-0.4, -0.2) is 32.8 Å². The zero-order valence-electron chi connectivity index (χ0n) is 13.6. The Bertz CT molecular complexity index is 1020. The Morgan fingerprint density at radius 2 is 2.20 bits per heavy atom. The zero-order chi connectivity index (χ0) is 18.1. The molecule has 0 saturated carbocycles. The van der Waals surface area contributed by atoms with Gasteiger partial charge >= 0.3 is 6.09 Å². The highest BCUT2D eigenvalue weighted by molar-refractivity contribution is 5.87. The summed E-state index contributed by atoms with van der Waals surface area (Å²) in [4.78, 5) is 16.4. The molecule has 0 radical (unpaired) electrons. The van der Waals surface area contributed by atoms with Gasteiger partial charge in [-0.25, -0.2) is 9.78 Å². The van der Waals surface area contributed by atoms with Crippen molar-refractivity contribution in [3.05, 3.63) is 41.7 Å². The number of anilines is 4. The number of carbonyl (C=O) groups is 1. The SMILES string of the molecule is Cc1ccc(Nc2cc(N)c3ncc(C#N)n3n2)cc1N(C)C(=O)O. The smallest absolute Gasteiger partial charge is 0.411 e. The quantitative estimate of drug-likeness (QED) is 0.668. The summed E-state index contributed by atoms with van der Waals surface area (Å²) in [6, 6.07) is 8.90. The molecule has 1 aromatic carbocycles. The number of aryl methyl sites for hydroxylation is 1. The molecule has 9 nitrogen and oxygen atoms in total. The second-order valence-electron chi connectivity index (χ2n) is 5.44. The minimum atomic E-state index is -1.05. The van der Waals surface area contributed by atoms with Gasteiger partial charge in [0, 0.05) is 18.8 Å². The van der Waals surface area contributed by atoms with Crippen LogP contribution in [-0.2, 0) is 0 Å². The number of fused-ring (bicyclic) bond motifs is 1. The van der Waals surface area contributed by atoms with Crippen molar-refractivity contribution in [3.8, 4) is 6.07 Å². The highest BCUT2D eigenvalue weighted by Gasteiger charge is 2.13. The van der Waals surface area contributed by atoms with Gasteiger partial charge in [0.15, 0.2) is 17.2 Å². The lowest BCUT2D eigenvalue weighted by Gasteiger charge is -2.17. The lowest BCUT2D eigenvalue weighted by atomic mass is 10.1. The molecule has 3 rings (SSSR count). The van der Waals surface area contributed by atoms with E-state index in [-0.39, 0.29) is 5.69 Å². The summed E-state index contributed by atoms with van der Waals surface area (Å²) in [7, 11) is 1.47. The van der Waals surface area contributed by atoms with Crippen molar-refractivity contribution in [2.75, 3.05) is 23.0 Å². The summed E-state index contributed by atoms with van der Waals surface area (Å²) in [5, 5.41) is 25.6. The van der Waals surface area contributed by atoms with Crippen LogP contribution in [0.3, 0.4) is 0 Å². The van der Waals surface area contributed by atoms with E-state index in [9.17, 15) is 4.79 Å². The normalized spacial score (nSPS) is 10.4. The molecule has 0 aliphatic carbocycles. The summed E-state index contributed by atoms with van der Waals surface area (Å²) < 4.78 is 1.36. The molecule has 0 aliphatic rings. The summed E-state index contributed by atoms with van der Waals surface area (Å²) in [5.41, 5.74) is 9.00. The number of carboxylic acid groups (broad SMARTS) is 1. The van der Waals surface area contributed by atoms with E-state index in [0.29, 0.717) is 28.5 Å². The second kappa shape index (κ2) is 6.01. The molecule has 0 unspecified atom stereocenters. The van der Waals surface area contributed by atoms with Crippen LogP contribution in [0.2, 0.25) is 0 Å². The first kappa shape index (κ1) is 16.1. The number of rotatable bonds is 3. The molecule has 0 aliphatic heterocycles. The van der Waals surface area contributed by atoms with Gasteiger partial charge in [-0.15, -0.1) is 5.10 Å². The molecular formula is C16H15N7O2. The van der Waals surface area contributed by atoms with Gasteiger partial charge in [-0.05, 0) is 24.6 Å². The average Bonchev–Trinajstić information content (AvgIpc) is 2.99. The molecule has 9 heteroatoms. The van der Waals surface area contributed by atoms with Crippen molar-refractivity contribution in [3.63, 3.8) is 0 Å². The topological polar surface area (TPSA) is 133 Å². The fraction of sp³-hybridized carbons (Fsp3) is 0.125. The number of imidazole rings is 1. The van der Waals surface area contributed by atoms with Crippen molar-refractivity contribution in [2.24, 2.45) is 0 Å². The van der Waals surface area contributed by atoms with Crippen molar-refractivity contribution in [1.82, 2.24) is 14.6 Å². The maximum absolute atomic E-state index is 11.2. The van der Waals surface area contributed by atoms with Gasteiger partial charge in [0.25, 0.3) is 0 Å². The standard InChI is InChI=1S/C16H15N7O2/c1-9-3-4-10(5-13(9)22(2)16(24)25)20-14-6-12(18)15-19-8-11(7-17)23(15)21-14/h3-6,8H,18H2,1-2H3,(H,20,21)(H,24,25). The number of nitriles is 1. The third-order valence-corrected chi connectivity index (χ3v) is 3.74. The van der Waals surface area contributed by atoms with Crippen LogP contribution in [0.1, 0.15) is 11.3 Å². The molecule has 0 saturated heterocycles. The Balaban J connectivity index is 2.00. The number of nitrogens with two attached hydrogens (primary N) is 1. The lowest BCUT2D eigenvalue weighted by Crippen LogP contribution is -2.24. The Kier molecular flexibility index (Phi) is 3.86. The Labute approximate surface area is 142 Å². The van der Waals surface area contributed by atoms with E-state index in [1.54, 1.807) is 24.3 Å². The molecule has 1 amide bonds. The number of hydrogen-bond donors (Lipinski definition) is 3. The number of nitrogen functional groups attached to an aromatic ring is 1. The van der Waals surface area contributed by atoms with E-state index in [1.807, 2.05) is 13.0 Å². The molecular weight excluding hydrogens is 322 g/mol. The van der Waals surface area contributed by atoms with Crippen LogP contribution < -0.4 is 16.0 Å². The van der Waals surface area contributed by atoms with Crippen LogP contribution in [0.15, 0.2) is 30.5 Å². The van der Waals surface area contributed by atoms with E-state index >= 15 is 0 Å². The van der Waals surface area contributed by atoms with Gasteiger partial charge < -0.3 is 16.2 Å². The Hall–Kier alpha value is -3.80. The zero-order valence-corrected chi connectivity index (χ0v) is 13.6. The lowest BCUT2D eigenvalue weighted by molar-refractivity contribution is 0.203. The summed E-state index contributed by atoms with van der Waals surface area (Å²) in [6.07, 6.45) is 0.343. The molecule has 126 valence electrons. The van der Waals surface area contributed by atoms with Crippen molar-refractivity contribution in [1.29, 1.82) is 5.26 Å². The molecule has 0 fully saturated rings. The molecule has 0 atom stereocenters. The Morgan fingerprint density at radius 1 is 1.44 bits per heavy atom. The van der Waals surface area contributed by atoms with Crippen LogP contribution >= 0.6 is 0 Å². The van der Waals surface area contributed by atoms with Crippen LogP contribution in [0.5, 0.6) is 0 Å². The summed E-state index contributed by atoms with van der Waals surface area (Å²) >= 11 is 0. The maximum atomic E-state index is 11.2. The predicted molar refractivity (Wildman–Crippen MR) is 93.0 cm³/mol. The van der Waals surface area contributed by atoms with Gasteiger partial charge in [0.05, 0.1) is 17.6 Å². The van der Waals surface area contributed by atoms with Gasteiger partial charge in [0.2, 0.25) is 0 Å². The van der Waals surface area contributed by atoms with E-state index in [0.717, 1.165) is 10.5 Å². The van der Waals surface area contributed by atoms with Crippen LogP contribution in [0.25, 0.3) is 5.65 Å². The fourth-order valence-electron chi connectivity index (χ4n) is 2.43. The summed E-state index contributed by atoms with van der Waals surface area (Å²) in [5.74, 6) is 0.410. The third-order valence-electron chi connectivity index (χ3n) is 3.74. The number of aromatic nitrogens is 3. The van der Waals surface area contributed by atoms with Gasteiger partial charge in [0.1, 0.15) is 6.07 Å². The number of hydrogen-bond acceptors (Lipinski definition) is 6. The van der Waals surface area contributed by atoms with E-state index in [4.69, 9.17) is 16.1 Å². The highest BCUT2D eigenvalue weighted by Crippen LogP contribution is 2.26. The second-order valence-corrected chi connectivity index (χ2v) is 5.44. The number of benzene rings is 1. The molecule has 2 heterocycles. The number of nitrogens with one attached hydrogen (secondary N) is 1. The summed E-state index contributed by atoms with van der Waals surface area (Å²) in [6.45, 7) is 1.82. The van der Waals surface area contributed by atoms with Crippen molar-refractivity contribution < 1.29 is 9.90 Å². The first-order valence-corrected chi connectivity index (χ1v) is 7.29. The first-order valence-electron chi connectivity index (χ1n) is 7.29. The molecule has 25 heavy (non-hydrogen) atoms. The maximum Gasteiger partial charge on any atom is 0.411 e. The third kappa shape index (κ3) is 2.88. The average molecular weight is 337 g/mol. The van der Waals surface area contributed by atoms with Crippen molar-refractivity contribution in [2.45, 2.75) is 6.92 Å². The van der Waals surface area contributed by atoms with Crippen molar-refractivity contribution >= 4 is 34.6 Å². The fourth-order valence-corrected chi connectivity index (χ4v) is 2.43. The van der Waals surface area contributed by atoms with Crippen LogP contribution in [0.4, 0.5) is 27.7 Å². The minimum absolute atomic E-state index is 0.264. The monoisotopic (exact) mass is 337 g/mol. The predicted octanol–water partition coefficient (Wildman–Crippen LogP) is 2.35. The minimum Gasteiger partial charge on any atom is -0.465 e. The van der Waals surface area contributed by atoms with E-state index < -0.39 is 6.09 Å². The first-order chi connectivity index (χ1) is 11.9. The molecule has 4 N–H and O–H groups in total. The van der Waals surface area contributed by atoms with E-state index in [1.165, 1.54) is 17.8 Å².